The normalized spacial score (nSPS) is 25.2. The Morgan fingerprint density at radius 1 is 1.17 bits per heavy atom. The SMILES string of the molecule is C#Cc1c(F)ccc2cc(OC(=O)N(C)C)cc(-c3ncc4c(N5C[C@H]6CC(C)(O)[C@@H](C5)N6C(=O)C=C)nc(OC[C@]5(C)C[C@@H](F)CN5C)nc4c3F)c12. The first-order chi connectivity index (χ1) is 25.5. The van der Waals surface area contributed by atoms with Crippen molar-refractivity contribution in [2.24, 2.45) is 0 Å². The number of anilines is 1. The van der Waals surface area contributed by atoms with E-state index in [2.05, 4.69) is 22.5 Å². The zero-order valence-electron chi connectivity index (χ0n) is 30.6. The fraction of sp³-hybridized carbons (Fsp3) is 0.410. The number of aromatic nitrogens is 3. The summed E-state index contributed by atoms with van der Waals surface area (Å²) in [7, 11) is 4.80. The van der Waals surface area contributed by atoms with Gasteiger partial charge in [0, 0.05) is 63.7 Å². The van der Waals surface area contributed by atoms with Crippen LogP contribution >= 0.6 is 0 Å². The van der Waals surface area contributed by atoms with Crippen molar-refractivity contribution in [2.75, 3.05) is 52.3 Å². The van der Waals surface area contributed by atoms with Crippen LogP contribution in [0.25, 0.3) is 32.9 Å². The lowest BCUT2D eigenvalue weighted by Gasteiger charge is -2.42. The Hall–Kier alpha value is -5.46. The Balaban J connectivity index is 1.40. The Labute approximate surface area is 310 Å². The van der Waals surface area contributed by atoms with Crippen molar-refractivity contribution in [3.8, 4) is 35.4 Å². The molecule has 3 saturated heterocycles. The number of rotatable bonds is 7. The van der Waals surface area contributed by atoms with E-state index in [0.717, 1.165) is 0 Å². The highest BCUT2D eigenvalue weighted by Crippen LogP contribution is 2.43. The average Bonchev–Trinajstić information content (AvgIpc) is 3.48. The first-order valence-corrected chi connectivity index (χ1v) is 17.4. The van der Waals surface area contributed by atoms with Gasteiger partial charge in [0.05, 0.1) is 34.2 Å². The Bertz CT molecular complexity index is 2260. The molecule has 3 fully saturated rings. The summed E-state index contributed by atoms with van der Waals surface area (Å²) in [6, 6.07) is 4.22. The van der Waals surface area contributed by atoms with E-state index < -0.39 is 47.1 Å². The number of carbonyl (C=O) groups is 2. The van der Waals surface area contributed by atoms with Crippen LogP contribution in [0, 0.1) is 24.0 Å². The summed E-state index contributed by atoms with van der Waals surface area (Å²) >= 11 is 0. The standard InChI is InChI=1S/C39H40F3N7O5/c1-8-25-28(41)11-10-21-12-24(54-37(51)46(5)6)13-26(31(21)25)33-32(42)34-27(16-43-33)35(45-36(44-34)53-20-38(3)14-22(40)17-47(38)7)48-18-23-15-39(4,52)29(19-48)49(23)30(50)9-2/h1,9-13,16,22-23,29,52H,2,14-15,17-20H2,3-7H3/t22-,23-,29-,38+,39?/m1/s1. The van der Waals surface area contributed by atoms with Crippen LogP contribution in [0.15, 0.2) is 43.1 Å². The van der Waals surface area contributed by atoms with Crippen LogP contribution < -0.4 is 14.4 Å². The number of benzene rings is 2. The maximum Gasteiger partial charge on any atom is 0.414 e. The third kappa shape index (κ3) is 6.22. The number of piperazine rings is 1. The van der Waals surface area contributed by atoms with E-state index >= 15 is 8.78 Å². The molecule has 0 aliphatic carbocycles. The number of hydrogen-bond donors (Lipinski definition) is 1. The predicted octanol–water partition coefficient (Wildman–Crippen LogP) is 4.70. The van der Waals surface area contributed by atoms with Gasteiger partial charge in [0.2, 0.25) is 5.91 Å². The highest BCUT2D eigenvalue weighted by Gasteiger charge is 2.54. The van der Waals surface area contributed by atoms with Crippen molar-refractivity contribution in [2.45, 2.75) is 56.1 Å². The van der Waals surface area contributed by atoms with Gasteiger partial charge < -0.3 is 29.3 Å². The number of alkyl halides is 1. The van der Waals surface area contributed by atoms with E-state index in [4.69, 9.17) is 20.9 Å². The minimum atomic E-state index is -1.23. The molecule has 3 aliphatic rings. The second-order valence-corrected chi connectivity index (χ2v) is 15.0. The van der Waals surface area contributed by atoms with Crippen LogP contribution in [0.4, 0.5) is 23.8 Å². The van der Waals surface area contributed by atoms with Crippen LogP contribution in [0.5, 0.6) is 11.8 Å². The molecule has 2 aromatic carbocycles. The summed E-state index contributed by atoms with van der Waals surface area (Å²) in [4.78, 5) is 45.7. The molecule has 3 aliphatic heterocycles. The minimum absolute atomic E-state index is 0.00919. The fourth-order valence-corrected chi connectivity index (χ4v) is 7.96. The van der Waals surface area contributed by atoms with Gasteiger partial charge in [0.25, 0.3) is 0 Å². The summed E-state index contributed by atoms with van der Waals surface area (Å²) in [5.41, 5.74) is -2.49. The van der Waals surface area contributed by atoms with Gasteiger partial charge in [0.15, 0.2) is 5.82 Å². The first-order valence-electron chi connectivity index (χ1n) is 17.4. The van der Waals surface area contributed by atoms with Gasteiger partial charge in [-0.2, -0.15) is 9.97 Å². The molecule has 1 N–H and O–H groups in total. The lowest BCUT2D eigenvalue weighted by atomic mass is 9.95. The van der Waals surface area contributed by atoms with Crippen molar-refractivity contribution < 1.29 is 37.3 Å². The highest BCUT2D eigenvalue weighted by molar-refractivity contribution is 6.03. The minimum Gasteiger partial charge on any atom is -0.461 e. The molecule has 0 saturated carbocycles. The van der Waals surface area contributed by atoms with Gasteiger partial charge in [-0.25, -0.2) is 18.0 Å². The fourth-order valence-electron chi connectivity index (χ4n) is 7.96. The summed E-state index contributed by atoms with van der Waals surface area (Å²) in [6.45, 7) is 7.74. The lowest BCUT2D eigenvalue weighted by Crippen LogP contribution is -2.59. The van der Waals surface area contributed by atoms with E-state index in [1.807, 2.05) is 16.7 Å². The zero-order chi connectivity index (χ0) is 38.9. The van der Waals surface area contributed by atoms with E-state index in [1.165, 1.54) is 55.5 Å². The van der Waals surface area contributed by atoms with Crippen LogP contribution in [-0.2, 0) is 4.79 Å². The highest BCUT2D eigenvalue weighted by atomic mass is 19.1. The van der Waals surface area contributed by atoms with Gasteiger partial charge in [0.1, 0.15) is 41.4 Å². The van der Waals surface area contributed by atoms with Gasteiger partial charge >= 0.3 is 12.1 Å². The third-order valence-electron chi connectivity index (χ3n) is 10.9. The second-order valence-electron chi connectivity index (χ2n) is 15.0. The maximum atomic E-state index is 17.3. The van der Waals surface area contributed by atoms with E-state index in [1.54, 1.807) is 18.9 Å². The van der Waals surface area contributed by atoms with Crippen molar-refractivity contribution in [3.05, 3.63) is 60.3 Å². The zero-order valence-corrected chi connectivity index (χ0v) is 30.6. The number of nitrogens with zero attached hydrogens (tertiary/aromatic N) is 7. The topological polar surface area (TPSA) is 124 Å². The molecule has 0 spiro atoms. The molecule has 282 valence electrons. The van der Waals surface area contributed by atoms with Crippen molar-refractivity contribution >= 4 is 39.5 Å². The summed E-state index contributed by atoms with van der Waals surface area (Å²) < 4.78 is 58.5. The quantitative estimate of drug-likeness (QED) is 0.211. The van der Waals surface area contributed by atoms with Crippen LogP contribution in [0.3, 0.4) is 0 Å². The smallest absolute Gasteiger partial charge is 0.414 e. The molecule has 12 nitrogen and oxygen atoms in total. The molecule has 4 aromatic rings. The molecular weight excluding hydrogens is 703 g/mol. The van der Waals surface area contributed by atoms with Gasteiger partial charge in [-0.1, -0.05) is 18.6 Å². The van der Waals surface area contributed by atoms with Gasteiger partial charge in [-0.15, -0.1) is 6.42 Å². The second kappa shape index (κ2) is 13.4. The van der Waals surface area contributed by atoms with E-state index in [0.29, 0.717) is 11.8 Å². The summed E-state index contributed by atoms with van der Waals surface area (Å²) in [5, 5.41) is 12.1. The van der Waals surface area contributed by atoms with Crippen LogP contribution in [0.2, 0.25) is 0 Å². The number of pyridine rings is 1. The molecule has 0 radical (unpaired) electrons. The van der Waals surface area contributed by atoms with Crippen molar-refractivity contribution in [1.82, 2.24) is 29.7 Å². The predicted molar refractivity (Wildman–Crippen MR) is 196 cm³/mol. The monoisotopic (exact) mass is 743 g/mol. The van der Waals surface area contributed by atoms with Crippen molar-refractivity contribution in [1.29, 1.82) is 0 Å². The Morgan fingerprint density at radius 2 is 1.93 bits per heavy atom. The van der Waals surface area contributed by atoms with Crippen LogP contribution in [-0.4, -0.2) is 124 Å². The number of carbonyl (C=O) groups excluding carboxylic acids is 2. The maximum absolute atomic E-state index is 17.3. The van der Waals surface area contributed by atoms with E-state index in [-0.39, 0.29) is 89.3 Å². The van der Waals surface area contributed by atoms with Gasteiger partial charge in [-0.3, -0.25) is 14.7 Å². The van der Waals surface area contributed by atoms with E-state index in [9.17, 15) is 19.1 Å². The molecule has 1 unspecified atom stereocenters. The molecule has 2 aromatic heterocycles. The number of halogens is 3. The number of likely N-dealkylation sites (tertiary alicyclic amines) is 1. The summed E-state index contributed by atoms with van der Waals surface area (Å²) in [6.07, 6.45) is 7.10. The third-order valence-corrected chi connectivity index (χ3v) is 10.9. The number of hydrogen-bond acceptors (Lipinski definition) is 10. The number of amides is 2. The largest absolute Gasteiger partial charge is 0.461 e. The lowest BCUT2D eigenvalue weighted by molar-refractivity contribution is -0.131. The molecular formula is C39H40F3N7O5. The Kier molecular flexibility index (Phi) is 9.18. The molecule has 5 atom stereocenters. The first kappa shape index (κ1) is 36.9. The number of aliphatic hydroxyl groups is 1. The number of likely N-dealkylation sites (N-methyl/N-ethyl adjacent to an activating group) is 1. The number of terminal acetylenes is 1. The summed E-state index contributed by atoms with van der Waals surface area (Å²) in [5.74, 6) is 0.683. The van der Waals surface area contributed by atoms with Gasteiger partial charge in [-0.05, 0) is 50.6 Å². The molecule has 2 bridgehead atoms. The van der Waals surface area contributed by atoms with Crippen molar-refractivity contribution in [3.63, 3.8) is 0 Å². The molecule has 2 amide bonds. The molecule has 5 heterocycles. The average molecular weight is 744 g/mol. The Morgan fingerprint density at radius 3 is 2.57 bits per heavy atom. The molecule has 54 heavy (non-hydrogen) atoms. The number of fused-ring (bicyclic) bond motifs is 4. The molecule has 7 rings (SSSR count). The number of ether oxygens (including phenoxy) is 2. The molecule has 15 heteroatoms. The van der Waals surface area contributed by atoms with Crippen LogP contribution in [0.1, 0.15) is 32.3 Å².